The number of para-hydroxylation sites is 1. The van der Waals surface area contributed by atoms with E-state index in [4.69, 9.17) is 0 Å². The van der Waals surface area contributed by atoms with E-state index in [2.05, 4.69) is 15.0 Å². The van der Waals surface area contributed by atoms with Gasteiger partial charge in [-0.05, 0) is 44.0 Å². The van der Waals surface area contributed by atoms with Crippen LogP contribution in [0.4, 0.5) is 10.2 Å². The van der Waals surface area contributed by atoms with Gasteiger partial charge in [0.15, 0.2) is 5.82 Å². The van der Waals surface area contributed by atoms with E-state index < -0.39 is 6.10 Å². The van der Waals surface area contributed by atoms with Gasteiger partial charge in [-0.2, -0.15) is 5.10 Å². The summed E-state index contributed by atoms with van der Waals surface area (Å²) in [6, 6.07) is 15.3. The van der Waals surface area contributed by atoms with Crippen LogP contribution in [-0.2, 0) is 0 Å². The highest BCUT2D eigenvalue weighted by molar-refractivity contribution is 5.40. The van der Waals surface area contributed by atoms with Gasteiger partial charge in [0.2, 0.25) is 0 Å². The molecule has 5 nitrogen and oxygen atoms in total. The number of halogens is 1. The molecule has 2 aromatic heterocycles. The standard InChI is InChI=1S/C21H23FN4O/c1-15(27)19-8-5-9-20(23-19)25-12-10-16(11-13-25)21-18(22)14-26(24-21)17-6-3-2-4-7-17/h2-9,14-16,27H,10-13H2,1H3. The number of nitrogens with zero attached hydrogens (tertiary/aromatic N) is 4. The normalized spacial score (nSPS) is 16.5. The van der Waals surface area contributed by atoms with Crippen molar-refractivity contribution in [3.63, 3.8) is 0 Å². The topological polar surface area (TPSA) is 54.2 Å². The Bertz CT molecular complexity index is 902. The van der Waals surface area contributed by atoms with Crippen LogP contribution in [0.1, 0.15) is 43.2 Å². The Morgan fingerprint density at radius 3 is 2.52 bits per heavy atom. The number of benzene rings is 1. The lowest BCUT2D eigenvalue weighted by Crippen LogP contribution is -2.34. The molecule has 4 rings (SSSR count). The lowest BCUT2D eigenvalue weighted by atomic mass is 9.93. The van der Waals surface area contributed by atoms with Crippen molar-refractivity contribution in [1.29, 1.82) is 0 Å². The zero-order valence-corrected chi connectivity index (χ0v) is 15.3. The van der Waals surface area contributed by atoms with Gasteiger partial charge in [-0.1, -0.05) is 24.3 Å². The van der Waals surface area contributed by atoms with E-state index in [1.54, 1.807) is 11.6 Å². The summed E-state index contributed by atoms with van der Waals surface area (Å²) in [5, 5.41) is 14.2. The molecule has 27 heavy (non-hydrogen) atoms. The van der Waals surface area contributed by atoms with Crippen LogP contribution in [0.15, 0.2) is 54.7 Å². The van der Waals surface area contributed by atoms with E-state index in [0.29, 0.717) is 11.4 Å². The molecular formula is C21H23FN4O. The van der Waals surface area contributed by atoms with E-state index in [9.17, 15) is 9.50 Å². The molecule has 1 aliphatic heterocycles. The van der Waals surface area contributed by atoms with Crippen molar-refractivity contribution in [2.75, 3.05) is 18.0 Å². The number of anilines is 1. The van der Waals surface area contributed by atoms with Crippen molar-refractivity contribution >= 4 is 5.82 Å². The Kier molecular flexibility index (Phi) is 4.90. The minimum absolute atomic E-state index is 0.103. The zero-order chi connectivity index (χ0) is 18.8. The lowest BCUT2D eigenvalue weighted by molar-refractivity contribution is 0.194. The number of rotatable bonds is 4. The summed E-state index contributed by atoms with van der Waals surface area (Å²) in [6.07, 6.45) is 2.52. The highest BCUT2D eigenvalue weighted by Gasteiger charge is 2.26. The second-order valence-electron chi connectivity index (χ2n) is 7.00. The number of aliphatic hydroxyl groups is 1. The minimum atomic E-state index is -0.585. The molecule has 140 valence electrons. The van der Waals surface area contributed by atoms with Gasteiger partial charge >= 0.3 is 0 Å². The van der Waals surface area contributed by atoms with Gasteiger partial charge in [0.05, 0.1) is 23.7 Å². The smallest absolute Gasteiger partial charge is 0.165 e. The molecule has 6 heteroatoms. The molecule has 3 aromatic rings. The molecule has 1 fully saturated rings. The average Bonchev–Trinajstić information content (AvgIpc) is 3.10. The molecule has 0 spiro atoms. The number of piperidine rings is 1. The first-order valence-electron chi connectivity index (χ1n) is 9.32. The molecule has 0 saturated carbocycles. The Hall–Kier alpha value is -2.73. The van der Waals surface area contributed by atoms with E-state index >= 15 is 0 Å². The van der Waals surface area contributed by atoms with Crippen LogP contribution >= 0.6 is 0 Å². The molecule has 1 saturated heterocycles. The average molecular weight is 366 g/mol. The van der Waals surface area contributed by atoms with Crippen molar-refractivity contribution in [3.05, 3.63) is 71.9 Å². The molecule has 1 aromatic carbocycles. The molecule has 0 radical (unpaired) electrons. The third-order valence-electron chi connectivity index (χ3n) is 5.11. The summed E-state index contributed by atoms with van der Waals surface area (Å²) >= 11 is 0. The van der Waals surface area contributed by atoms with Gasteiger partial charge < -0.3 is 10.0 Å². The third-order valence-corrected chi connectivity index (χ3v) is 5.11. The maximum absolute atomic E-state index is 14.5. The maximum Gasteiger partial charge on any atom is 0.165 e. The fourth-order valence-electron chi connectivity index (χ4n) is 3.59. The quantitative estimate of drug-likeness (QED) is 0.762. The Labute approximate surface area is 158 Å². The zero-order valence-electron chi connectivity index (χ0n) is 15.3. The van der Waals surface area contributed by atoms with E-state index in [0.717, 1.165) is 37.4 Å². The van der Waals surface area contributed by atoms with Crippen LogP contribution < -0.4 is 4.90 Å². The van der Waals surface area contributed by atoms with Crippen LogP contribution in [0, 0.1) is 5.82 Å². The summed E-state index contributed by atoms with van der Waals surface area (Å²) < 4.78 is 16.1. The molecular weight excluding hydrogens is 343 g/mol. The number of hydrogen-bond acceptors (Lipinski definition) is 4. The predicted molar refractivity (Wildman–Crippen MR) is 103 cm³/mol. The Morgan fingerprint density at radius 1 is 1.07 bits per heavy atom. The molecule has 1 unspecified atom stereocenters. The Balaban J connectivity index is 1.47. The first-order valence-corrected chi connectivity index (χ1v) is 9.32. The van der Waals surface area contributed by atoms with E-state index in [-0.39, 0.29) is 11.7 Å². The van der Waals surface area contributed by atoms with Crippen LogP contribution in [0.5, 0.6) is 0 Å². The van der Waals surface area contributed by atoms with Gasteiger partial charge in [0, 0.05) is 19.0 Å². The lowest BCUT2D eigenvalue weighted by Gasteiger charge is -2.32. The monoisotopic (exact) mass is 366 g/mol. The number of hydrogen-bond donors (Lipinski definition) is 1. The van der Waals surface area contributed by atoms with Gasteiger partial charge in [0.25, 0.3) is 0 Å². The molecule has 3 heterocycles. The molecule has 0 aliphatic carbocycles. The molecule has 1 aliphatic rings. The third kappa shape index (κ3) is 3.71. The molecule has 0 bridgehead atoms. The van der Waals surface area contributed by atoms with E-state index in [1.165, 1.54) is 6.20 Å². The first kappa shape index (κ1) is 17.7. The van der Waals surface area contributed by atoms with Gasteiger partial charge in [-0.25, -0.2) is 14.1 Å². The largest absolute Gasteiger partial charge is 0.387 e. The van der Waals surface area contributed by atoms with Crippen LogP contribution in [0.25, 0.3) is 5.69 Å². The van der Waals surface area contributed by atoms with Gasteiger partial charge in [0.1, 0.15) is 11.5 Å². The summed E-state index contributed by atoms with van der Waals surface area (Å²) in [6.45, 7) is 3.29. The Morgan fingerprint density at radius 2 is 1.81 bits per heavy atom. The number of aromatic nitrogens is 3. The predicted octanol–water partition coefficient (Wildman–Crippen LogP) is 3.84. The summed E-state index contributed by atoms with van der Waals surface area (Å²) in [4.78, 5) is 6.73. The highest BCUT2D eigenvalue weighted by Crippen LogP contribution is 2.31. The second kappa shape index (κ2) is 7.48. The van der Waals surface area contributed by atoms with Crippen molar-refractivity contribution in [2.24, 2.45) is 0 Å². The summed E-state index contributed by atoms with van der Waals surface area (Å²) in [7, 11) is 0. The van der Waals surface area contributed by atoms with Crippen LogP contribution in [0.2, 0.25) is 0 Å². The molecule has 1 N–H and O–H groups in total. The SMILES string of the molecule is CC(O)c1cccc(N2CCC(c3nn(-c4ccccc4)cc3F)CC2)n1. The van der Waals surface area contributed by atoms with Crippen LogP contribution in [0.3, 0.4) is 0 Å². The minimum Gasteiger partial charge on any atom is -0.387 e. The number of pyridine rings is 1. The summed E-state index contributed by atoms with van der Waals surface area (Å²) in [5.41, 5.74) is 2.07. The van der Waals surface area contributed by atoms with Gasteiger partial charge in [-0.15, -0.1) is 0 Å². The number of aliphatic hydroxyl groups excluding tert-OH is 1. The van der Waals surface area contributed by atoms with Gasteiger partial charge in [-0.3, -0.25) is 0 Å². The fraction of sp³-hybridized carbons (Fsp3) is 0.333. The van der Waals surface area contributed by atoms with Crippen molar-refractivity contribution in [3.8, 4) is 5.69 Å². The molecule has 1 atom stereocenters. The van der Waals surface area contributed by atoms with Crippen molar-refractivity contribution < 1.29 is 9.50 Å². The van der Waals surface area contributed by atoms with Crippen LogP contribution in [-0.4, -0.2) is 33.0 Å². The van der Waals surface area contributed by atoms with E-state index in [1.807, 2.05) is 48.5 Å². The van der Waals surface area contributed by atoms with Crippen molar-refractivity contribution in [2.45, 2.75) is 31.8 Å². The first-order chi connectivity index (χ1) is 13.1. The second-order valence-corrected chi connectivity index (χ2v) is 7.00. The maximum atomic E-state index is 14.5. The highest BCUT2D eigenvalue weighted by atomic mass is 19.1. The summed E-state index contributed by atoms with van der Waals surface area (Å²) in [5.74, 6) is 0.722. The molecule has 0 amide bonds. The fourth-order valence-corrected chi connectivity index (χ4v) is 3.59. The van der Waals surface area contributed by atoms with Crippen molar-refractivity contribution in [1.82, 2.24) is 14.8 Å².